The SMILES string of the molecule is CCNc1cc(N=Nc2ccccc2Cl)cc2ccccc12. The van der Waals surface area contributed by atoms with Gasteiger partial charge < -0.3 is 5.32 Å². The monoisotopic (exact) mass is 309 g/mol. The summed E-state index contributed by atoms with van der Waals surface area (Å²) in [4.78, 5) is 0. The van der Waals surface area contributed by atoms with Crippen LogP contribution >= 0.6 is 11.6 Å². The van der Waals surface area contributed by atoms with Gasteiger partial charge >= 0.3 is 0 Å². The van der Waals surface area contributed by atoms with Crippen LogP contribution in [-0.4, -0.2) is 6.54 Å². The molecule has 110 valence electrons. The highest BCUT2D eigenvalue weighted by Crippen LogP contribution is 2.31. The van der Waals surface area contributed by atoms with Crippen molar-refractivity contribution in [1.82, 2.24) is 0 Å². The van der Waals surface area contributed by atoms with Gasteiger partial charge in [0.1, 0.15) is 5.69 Å². The summed E-state index contributed by atoms with van der Waals surface area (Å²) in [5, 5.41) is 14.9. The van der Waals surface area contributed by atoms with E-state index in [2.05, 4.69) is 34.6 Å². The minimum atomic E-state index is 0.596. The Hall–Kier alpha value is -2.39. The first-order valence-corrected chi connectivity index (χ1v) is 7.58. The third-order valence-corrected chi connectivity index (χ3v) is 3.66. The van der Waals surface area contributed by atoms with Gasteiger partial charge in [0, 0.05) is 17.6 Å². The molecular formula is C18H16ClN3. The van der Waals surface area contributed by atoms with Crippen molar-refractivity contribution < 1.29 is 0 Å². The number of fused-ring (bicyclic) bond motifs is 1. The van der Waals surface area contributed by atoms with Crippen LogP contribution in [0, 0.1) is 0 Å². The van der Waals surface area contributed by atoms with E-state index in [0.29, 0.717) is 10.7 Å². The normalized spacial score (nSPS) is 11.2. The number of nitrogens with one attached hydrogen (secondary N) is 1. The Morgan fingerprint density at radius 3 is 2.55 bits per heavy atom. The maximum atomic E-state index is 6.10. The van der Waals surface area contributed by atoms with Gasteiger partial charge in [0.05, 0.1) is 10.7 Å². The molecule has 0 aliphatic heterocycles. The van der Waals surface area contributed by atoms with Crippen molar-refractivity contribution in [1.29, 1.82) is 0 Å². The van der Waals surface area contributed by atoms with E-state index in [1.807, 2.05) is 42.5 Å². The van der Waals surface area contributed by atoms with Crippen LogP contribution in [0.2, 0.25) is 5.02 Å². The molecule has 0 atom stereocenters. The predicted octanol–water partition coefficient (Wildman–Crippen LogP) is 6.34. The average Bonchev–Trinajstić information content (AvgIpc) is 2.54. The van der Waals surface area contributed by atoms with E-state index in [-0.39, 0.29) is 0 Å². The first-order valence-electron chi connectivity index (χ1n) is 7.21. The molecule has 0 aromatic heterocycles. The number of anilines is 1. The molecule has 0 saturated heterocycles. The van der Waals surface area contributed by atoms with E-state index in [4.69, 9.17) is 11.6 Å². The van der Waals surface area contributed by atoms with Crippen LogP contribution in [0.15, 0.2) is 70.9 Å². The molecule has 4 heteroatoms. The second-order valence-electron chi connectivity index (χ2n) is 4.90. The van der Waals surface area contributed by atoms with Crippen molar-refractivity contribution in [2.24, 2.45) is 10.2 Å². The number of azo groups is 1. The lowest BCUT2D eigenvalue weighted by molar-refractivity contribution is 1.21. The number of benzene rings is 3. The molecule has 0 bridgehead atoms. The maximum Gasteiger partial charge on any atom is 0.104 e. The molecule has 0 aliphatic rings. The molecule has 3 aromatic carbocycles. The van der Waals surface area contributed by atoms with Gasteiger partial charge in [-0.25, -0.2) is 0 Å². The summed E-state index contributed by atoms with van der Waals surface area (Å²) in [6.07, 6.45) is 0. The van der Waals surface area contributed by atoms with Gasteiger partial charge in [0.2, 0.25) is 0 Å². The van der Waals surface area contributed by atoms with Crippen LogP contribution in [0.3, 0.4) is 0 Å². The Morgan fingerprint density at radius 1 is 0.955 bits per heavy atom. The third kappa shape index (κ3) is 3.10. The molecule has 0 heterocycles. The number of rotatable bonds is 4. The van der Waals surface area contributed by atoms with E-state index >= 15 is 0 Å². The smallest absolute Gasteiger partial charge is 0.104 e. The molecule has 3 nitrogen and oxygen atoms in total. The Labute approximate surface area is 134 Å². The molecule has 3 aromatic rings. The van der Waals surface area contributed by atoms with Crippen LogP contribution in [0.1, 0.15) is 6.92 Å². The summed E-state index contributed by atoms with van der Waals surface area (Å²) in [6, 6.07) is 19.7. The zero-order valence-electron chi connectivity index (χ0n) is 12.3. The summed E-state index contributed by atoms with van der Waals surface area (Å²) in [5.74, 6) is 0. The molecule has 0 fully saturated rings. The molecule has 3 rings (SSSR count). The highest BCUT2D eigenvalue weighted by atomic mass is 35.5. The van der Waals surface area contributed by atoms with E-state index in [9.17, 15) is 0 Å². The standard InChI is InChI=1S/C18H16ClN3/c1-2-20-18-12-14(11-13-7-3-4-8-15(13)18)21-22-17-10-6-5-9-16(17)19/h3-12,20H,2H2,1H3. The fraction of sp³-hybridized carbons (Fsp3) is 0.111. The lowest BCUT2D eigenvalue weighted by Crippen LogP contribution is -1.96. The molecule has 22 heavy (non-hydrogen) atoms. The average molecular weight is 310 g/mol. The van der Waals surface area contributed by atoms with Gasteiger partial charge in [-0.2, -0.15) is 5.11 Å². The zero-order chi connectivity index (χ0) is 15.4. The van der Waals surface area contributed by atoms with Gasteiger partial charge in [0.25, 0.3) is 0 Å². The first kappa shape index (κ1) is 14.5. The zero-order valence-corrected chi connectivity index (χ0v) is 13.0. The van der Waals surface area contributed by atoms with Crippen molar-refractivity contribution >= 4 is 39.4 Å². The van der Waals surface area contributed by atoms with Gasteiger partial charge in [-0.1, -0.05) is 48.0 Å². The summed E-state index contributed by atoms with van der Waals surface area (Å²) in [7, 11) is 0. The Kier molecular flexibility index (Phi) is 4.35. The molecule has 0 radical (unpaired) electrons. The summed E-state index contributed by atoms with van der Waals surface area (Å²) in [6.45, 7) is 2.93. The minimum absolute atomic E-state index is 0.596. The fourth-order valence-corrected chi connectivity index (χ4v) is 2.51. The highest BCUT2D eigenvalue weighted by molar-refractivity contribution is 6.32. The van der Waals surface area contributed by atoms with Crippen molar-refractivity contribution in [3.63, 3.8) is 0 Å². The Morgan fingerprint density at radius 2 is 1.73 bits per heavy atom. The minimum Gasteiger partial charge on any atom is -0.385 e. The van der Waals surface area contributed by atoms with Crippen LogP contribution in [-0.2, 0) is 0 Å². The second kappa shape index (κ2) is 6.58. The van der Waals surface area contributed by atoms with Crippen LogP contribution < -0.4 is 5.32 Å². The molecule has 0 aliphatic carbocycles. The molecule has 0 spiro atoms. The van der Waals surface area contributed by atoms with Gasteiger partial charge in [-0.15, -0.1) is 5.11 Å². The summed E-state index contributed by atoms with van der Waals surface area (Å²) >= 11 is 6.10. The van der Waals surface area contributed by atoms with E-state index < -0.39 is 0 Å². The number of nitrogens with zero attached hydrogens (tertiary/aromatic N) is 2. The Bertz CT molecular complexity index is 827. The Balaban J connectivity index is 2.02. The lowest BCUT2D eigenvalue weighted by atomic mass is 10.1. The fourth-order valence-electron chi connectivity index (χ4n) is 2.33. The van der Waals surface area contributed by atoms with Gasteiger partial charge in [0.15, 0.2) is 0 Å². The second-order valence-corrected chi connectivity index (χ2v) is 5.30. The van der Waals surface area contributed by atoms with Crippen molar-refractivity contribution in [2.45, 2.75) is 6.92 Å². The predicted molar refractivity (Wildman–Crippen MR) is 93.7 cm³/mol. The highest BCUT2D eigenvalue weighted by Gasteiger charge is 2.03. The largest absolute Gasteiger partial charge is 0.385 e. The van der Waals surface area contributed by atoms with Crippen molar-refractivity contribution in [3.8, 4) is 0 Å². The molecule has 0 amide bonds. The molecule has 1 N–H and O–H groups in total. The summed E-state index contributed by atoms with van der Waals surface area (Å²) < 4.78 is 0. The topological polar surface area (TPSA) is 36.8 Å². The van der Waals surface area contributed by atoms with Gasteiger partial charge in [-0.3, -0.25) is 0 Å². The summed E-state index contributed by atoms with van der Waals surface area (Å²) in [5.41, 5.74) is 2.53. The quantitative estimate of drug-likeness (QED) is 0.561. The van der Waals surface area contributed by atoms with E-state index in [1.54, 1.807) is 6.07 Å². The molecular weight excluding hydrogens is 294 g/mol. The first-order chi connectivity index (χ1) is 10.8. The van der Waals surface area contributed by atoms with Gasteiger partial charge in [-0.05, 0) is 36.6 Å². The number of hydrogen-bond acceptors (Lipinski definition) is 3. The number of halogens is 1. The molecule has 0 unspecified atom stereocenters. The van der Waals surface area contributed by atoms with Crippen molar-refractivity contribution in [3.05, 3.63) is 65.7 Å². The van der Waals surface area contributed by atoms with E-state index in [0.717, 1.165) is 23.3 Å². The van der Waals surface area contributed by atoms with Crippen molar-refractivity contribution in [2.75, 3.05) is 11.9 Å². The maximum absolute atomic E-state index is 6.10. The molecule has 0 saturated carbocycles. The number of hydrogen-bond donors (Lipinski definition) is 1. The van der Waals surface area contributed by atoms with Crippen LogP contribution in [0.25, 0.3) is 10.8 Å². The van der Waals surface area contributed by atoms with Crippen LogP contribution in [0.5, 0.6) is 0 Å². The van der Waals surface area contributed by atoms with E-state index in [1.165, 1.54) is 5.39 Å². The lowest BCUT2D eigenvalue weighted by Gasteiger charge is -2.09. The van der Waals surface area contributed by atoms with Crippen LogP contribution in [0.4, 0.5) is 17.1 Å². The third-order valence-electron chi connectivity index (χ3n) is 3.34.